The summed E-state index contributed by atoms with van der Waals surface area (Å²) in [6.45, 7) is 3.42. The zero-order valence-corrected chi connectivity index (χ0v) is 23.8. The maximum Gasteiger partial charge on any atom is 0.356 e. The Morgan fingerprint density at radius 3 is 2.00 bits per heavy atom. The van der Waals surface area contributed by atoms with E-state index in [0.717, 1.165) is 16.7 Å². The number of carbonyl (C=O) groups excluding carboxylic acids is 3. The van der Waals surface area contributed by atoms with Crippen molar-refractivity contribution in [3.8, 4) is 10.8 Å². The molecule has 1 saturated heterocycles. The molecule has 8 heteroatoms. The summed E-state index contributed by atoms with van der Waals surface area (Å²) < 4.78 is 11.9. The highest BCUT2D eigenvalue weighted by Crippen LogP contribution is 2.32. The lowest BCUT2D eigenvalue weighted by atomic mass is 9.99. The summed E-state index contributed by atoms with van der Waals surface area (Å²) in [7, 11) is 0. The molecule has 4 rings (SSSR count). The Balaban J connectivity index is 1.57. The minimum absolute atomic E-state index is 0.0213. The van der Waals surface area contributed by atoms with Gasteiger partial charge in [0.15, 0.2) is 18.4 Å². The maximum atomic E-state index is 13.7. The maximum absolute atomic E-state index is 13.7. The van der Waals surface area contributed by atoms with E-state index < -0.39 is 30.3 Å². The quantitative estimate of drug-likeness (QED) is 0.155. The number of hydrogen-bond acceptors (Lipinski definition) is 5. The third-order valence-corrected chi connectivity index (χ3v) is 6.58. The van der Waals surface area contributed by atoms with Crippen LogP contribution < -0.4 is 5.32 Å². The molecule has 1 aliphatic rings. The molecule has 0 spiro atoms. The van der Waals surface area contributed by atoms with Crippen LogP contribution in [-0.2, 0) is 30.3 Å². The van der Waals surface area contributed by atoms with E-state index in [1.54, 1.807) is 13.8 Å². The van der Waals surface area contributed by atoms with E-state index in [1.165, 1.54) is 4.90 Å². The van der Waals surface area contributed by atoms with Crippen LogP contribution in [0.4, 0.5) is 0 Å². The van der Waals surface area contributed by atoms with E-state index in [0.29, 0.717) is 5.57 Å². The molecule has 2 atom stereocenters. The highest BCUT2D eigenvalue weighted by atomic mass is 79.9. The monoisotopic (exact) mass is 600 g/mol. The van der Waals surface area contributed by atoms with Crippen molar-refractivity contribution in [1.82, 2.24) is 10.2 Å². The Morgan fingerprint density at radius 1 is 0.925 bits per heavy atom. The second-order valence-corrected chi connectivity index (χ2v) is 9.74. The molecular formula is C32H29BrN2O5. The number of likely N-dealkylation sites (tertiary alicyclic amines) is 1. The van der Waals surface area contributed by atoms with Crippen molar-refractivity contribution in [3.05, 3.63) is 119 Å². The van der Waals surface area contributed by atoms with Gasteiger partial charge >= 0.3 is 5.97 Å². The van der Waals surface area contributed by atoms with Gasteiger partial charge in [-0.3, -0.25) is 14.5 Å². The number of benzene rings is 3. The number of nitrogens with one attached hydrogen (secondary N) is 1. The van der Waals surface area contributed by atoms with Gasteiger partial charge in [-0.25, -0.2) is 4.79 Å². The molecule has 0 aromatic heterocycles. The van der Waals surface area contributed by atoms with E-state index in [4.69, 9.17) is 9.47 Å². The fourth-order valence-electron chi connectivity index (χ4n) is 4.46. The summed E-state index contributed by atoms with van der Waals surface area (Å²) in [6, 6.07) is 27.0. The summed E-state index contributed by atoms with van der Waals surface area (Å²) in [5.74, 6) is 1.25. The Labute approximate surface area is 242 Å². The smallest absolute Gasteiger partial charge is 0.356 e. The predicted molar refractivity (Wildman–Crippen MR) is 155 cm³/mol. The largest absolute Gasteiger partial charge is 0.448 e. The molecule has 204 valence electrons. The van der Waals surface area contributed by atoms with Crippen molar-refractivity contribution < 1.29 is 23.9 Å². The van der Waals surface area contributed by atoms with E-state index in [1.807, 2.05) is 91.0 Å². The SMILES string of the molecule is CC(C)=C(C(=O)OC(c1ccccc1)c1ccccc1)N1C(=O)[C@@H](NC(=O)Cc2ccccc2)[C@H]1OCC#CBr. The van der Waals surface area contributed by atoms with Crippen molar-refractivity contribution >= 4 is 33.7 Å². The third-order valence-electron chi connectivity index (χ3n) is 6.30. The first kappa shape index (κ1) is 28.8. The topological polar surface area (TPSA) is 84.9 Å². The van der Waals surface area contributed by atoms with Crippen molar-refractivity contribution in [2.24, 2.45) is 0 Å². The zero-order chi connectivity index (χ0) is 28.5. The first-order chi connectivity index (χ1) is 19.4. The zero-order valence-electron chi connectivity index (χ0n) is 22.2. The highest BCUT2D eigenvalue weighted by Gasteiger charge is 2.53. The van der Waals surface area contributed by atoms with Gasteiger partial charge in [0.05, 0.1) is 6.42 Å². The summed E-state index contributed by atoms with van der Waals surface area (Å²) in [6.07, 6.45) is -1.53. The number of ether oxygens (including phenoxy) is 2. The van der Waals surface area contributed by atoms with Gasteiger partial charge in [-0.2, -0.15) is 0 Å². The lowest BCUT2D eigenvalue weighted by Gasteiger charge is -2.46. The molecule has 2 amide bonds. The number of rotatable bonds is 10. The molecule has 7 nitrogen and oxygen atoms in total. The minimum atomic E-state index is -0.977. The fraction of sp³-hybridized carbons (Fsp3) is 0.219. The van der Waals surface area contributed by atoms with Crippen LogP contribution >= 0.6 is 15.9 Å². The molecule has 0 aliphatic carbocycles. The molecule has 0 unspecified atom stereocenters. The molecule has 1 aliphatic heterocycles. The van der Waals surface area contributed by atoms with E-state index >= 15 is 0 Å². The lowest BCUT2D eigenvalue weighted by molar-refractivity contribution is -0.180. The summed E-state index contributed by atoms with van der Waals surface area (Å²) in [4.78, 5) is 43.7. The van der Waals surface area contributed by atoms with Gasteiger partial charge in [0.25, 0.3) is 5.91 Å². The lowest BCUT2D eigenvalue weighted by Crippen LogP contribution is -2.71. The van der Waals surface area contributed by atoms with Gasteiger partial charge < -0.3 is 14.8 Å². The summed E-state index contributed by atoms with van der Waals surface area (Å²) >= 11 is 3.03. The molecule has 0 radical (unpaired) electrons. The second-order valence-electron chi connectivity index (χ2n) is 9.34. The molecule has 1 N–H and O–H groups in total. The normalized spacial score (nSPS) is 15.9. The van der Waals surface area contributed by atoms with E-state index in [-0.39, 0.29) is 24.6 Å². The van der Waals surface area contributed by atoms with Crippen molar-refractivity contribution in [2.45, 2.75) is 38.6 Å². The molecule has 1 heterocycles. The van der Waals surface area contributed by atoms with Crippen LogP contribution in [0.1, 0.15) is 36.6 Å². The Hall–Kier alpha value is -4.19. The number of carbonyl (C=O) groups is 3. The molecule has 3 aromatic rings. The average molecular weight is 601 g/mol. The van der Waals surface area contributed by atoms with Crippen LogP contribution in [-0.4, -0.2) is 41.6 Å². The van der Waals surface area contributed by atoms with Crippen molar-refractivity contribution in [3.63, 3.8) is 0 Å². The molecule has 40 heavy (non-hydrogen) atoms. The Bertz CT molecular complexity index is 1390. The first-order valence-electron chi connectivity index (χ1n) is 12.8. The van der Waals surface area contributed by atoms with E-state index in [2.05, 4.69) is 32.0 Å². The van der Waals surface area contributed by atoms with Gasteiger partial charge in [-0.15, -0.1) is 0 Å². The average Bonchev–Trinajstić information content (AvgIpc) is 2.97. The van der Waals surface area contributed by atoms with Gasteiger partial charge in [0, 0.05) is 15.9 Å². The molecule has 0 saturated carbocycles. The number of β-lactam (4-membered cyclic amide) rings is 1. The van der Waals surface area contributed by atoms with Crippen LogP contribution in [0.25, 0.3) is 0 Å². The van der Waals surface area contributed by atoms with Crippen LogP contribution in [0.15, 0.2) is 102 Å². The number of amides is 2. The number of halogens is 1. The minimum Gasteiger partial charge on any atom is -0.448 e. The summed E-state index contributed by atoms with van der Waals surface area (Å²) in [5, 5.41) is 2.76. The molecule has 1 fully saturated rings. The van der Waals surface area contributed by atoms with Crippen molar-refractivity contribution in [1.29, 1.82) is 0 Å². The number of nitrogens with zero attached hydrogens (tertiary/aromatic N) is 1. The van der Waals surface area contributed by atoms with Gasteiger partial charge in [0.2, 0.25) is 5.91 Å². The molecular weight excluding hydrogens is 572 g/mol. The molecule has 0 bridgehead atoms. The van der Waals surface area contributed by atoms with Gasteiger partial charge in [-0.1, -0.05) is 96.9 Å². The van der Waals surface area contributed by atoms with Gasteiger partial charge in [0.1, 0.15) is 12.3 Å². The van der Waals surface area contributed by atoms with Crippen LogP contribution in [0, 0.1) is 10.8 Å². The van der Waals surface area contributed by atoms with E-state index in [9.17, 15) is 14.4 Å². The third kappa shape index (κ3) is 6.87. The second kappa shape index (κ2) is 13.7. The van der Waals surface area contributed by atoms with Crippen LogP contribution in [0.3, 0.4) is 0 Å². The fourth-order valence-corrected chi connectivity index (χ4v) is 4.57. The Morgan fingerprint density at radius 2 is 1.48 bits per heavy atom. The number of hydrogen-bond donors (Lipinski definition) is 1. The summed E-state index contributed by atoms with van der Waals surface area (Å²) in [5.41, 5.74) is 3.01. The van der Waals surface area contributed by atoms with Crippen LogP contribution in [0.2, 0.25) is 0 Å². The molecule has 3 aromatic carbocycles. The highest BCUT2D eigenvalue weighted by molar-refractivity contribution is 9.12. The predicted octanol–water partition coefficient (Wildman–Crippen LogP) is 4.88. The van der Waals surface area contributed by atoms with Crippen molar-refractivity contribution in [2.75, 3.05) is 6.61 Å². The number of allylic oxidation sites excluding steroid dienone is 1. The number of esters is 1. The van der Waals surface area contributed by atoms with Gasteiger partial charge in [-0.05, 0) is 40.9 Å². The standard InChI is InChI=1S/C32H29BrN2O5/c1-22(2)28(32(38)40-29(24-15-8-4-9-16-24)25-17-10-5-11-18-25)35-30(37)27(31(35)39-20-12-19-33)34-26(36)21-23-13-6-3-7-14-23/h3-11,13-18,27,29,31H,20-21H2,1-2H3,(H,34,36)/t27-,31-/m1/s1. The Kier molecular flexibility index (Phi) is 9.90. The first-order valence-corrected chi connectivity index (χ1v) is 13.5. The van der Waals surface area contributed by atoms with Crippen LogP contribution in [0.5, 0.6) is 0 Å².